The van der Waals surface area contributed by atoms with Crippen molar-refractivity contribution in [2.24, 2.45) is 0 Å². The minimum atomic E-state index is -1.03. The lowest BCUT2D eigenvalue weighted by molar-refractivity contribution is 0.0688. The Bertz CT molecular complexity index is 983. The van der Waals surface area contributed by atoms with Crippen LogP contribution in [0.5, 0.6) is 5.75 Å². The molecule has 7 heteroatoms. The zero-order valence-electron chi connectivity index (χ0n) is 13.4. The molecule has 126 valence electrons. The van der Waals surface area contributed by atoms with Crippen LogP contribution >= 0.6 is 15.9 Å². The summed E-state index contributed by atoms with van der Waals surface area (Å²) < 4.78 is 7.81. The van der Waals surface area contributed by atoms with Crippen LogP contribution in [0, 0.1) is 0 Å². The van der Waals surface area contributed by atoms with E-state index in [1.807, 2.05) is 30.3 Å². The van der Waals surface area contributed by atoms with E-state index in [4.69, 9.17) is 4.74 Å². The average molecular weight is 400 g/mol. The monoisotopic (exact) mass is 399 g/mol. The third kappa shape index (κ3) is 2.51. The molecule has 0 radical (unpaired) electrons. The number of aromatic carboxylic acids is 1. The predicted molar refractivity (Wildman–Crippen MR) is 95.4 cm³/mol. The van der Waals surface area contributed by atoms with Crippen molar-refractivity contribution >= 4 is 21.9 Å². The summed E-state index contributed by atoms with van der Waals surface area (Å²) in [5.74, 6) is 0.317. The van der Waals surface area contributed by atoms with E-state index in [9.17, 15) is 9.90 Å². The van der Waals surface area contributed by atoms with Crippen LogP contribution in [0.3, 0.4) is 0 Å². The fourth-order valence-corrected chi connectivity index (χ4v) is 3.72. The first-order valence-electron chi connectivity index (χ1n) is 7.73. The van der Waals surface area contributed by atoms with Crippen molar-refractivity contribution in [1.82, 2.24) is 14.8 Å². The van der Waals surface area contributed by atoms with E-state index in [0.717, 1.165) is 39.0 Å². The number of nitrogens with zero attached hydrogens (tertiary/aromatic N) is 3. The van der Waals surface area contributed by atoms with Gasteiger partial charge >= 0.3 is 5.97 Å². The van der Waals surface area contributed by atoms with Gasteiger partial charge in [-0.3, -0.25) is 0 Å². The highest BCUT2D eigenvalue weighted by atomic mass is 79.9. The Morgan fingerprint density at radius 1 is 1.32 bits per heavy atom. The van der Waals surface area contributed by atoms with Gasteiger partial charge in [0.2, 0.25) is 0 Å². The number of rotatable bonds is 3. The summed E-state index contributed by atoms with van der Waals surface area (Å²) in [6.45, 7) is 0. The molecule has 4 rings (SSSR count). The number of fused-ring (bicyclic) bond motifs is 3. The van der Waals surface area contributed by atoms with Gasteiger partial charge in [0.1, 0.15) is 5.75 Å². The van der Waals surface area contributed by atoms with Gasteiger partial charge in [-0.25, -0.2) is 14.5 Å². The van der Waals surface area contributed by atoms with Crippen molar-refractivity contribution < 1.29 is 14.6 Å². The first kappa shape index (κ1) is 15.8. The highest BCUT2D eigenvalue weighted by Gasteiger charge is 2.29. The van der Waals surface area contributed by atoms with E-state index in [1.54, 1.807) is 18.0 Å². The molecule has 0 bridgehead atoms. The van der Waals surface area contributed by atoms with Gasteiger partial charge in [-0.2, -0.15) is 5.10 Å². The van der Waals surface area contributed by atoms with E-state index < -0.39 is 5.97 Å². The van der Waals surface area contributed by atoms with Crippen LogP contribution in [0.1, 0.15) is 21.6 Å². The summed E-state index contributed by atoms with van der Waals surface area (Å²) in [6, 6.07) is 9.42. The summed E-state index contributed by atoms with van der Waals surface area (Å²) in [4.78, 5) is 16.0. The predicted octanol–water partition coefficient (Wildman–Crippen LogP) is 3.50. The molecule has 2 aromatic heterocycles. The molecule has 1 N–H and O–H groups in total. The molecular weight excluding hydrogens is 386 g/mol. The summed E-state index contributed by atoms with van der Waals surface area (Å²) in [5, 5.41) is 13.9. The molecule has 0 saturated heterocycles. The lowest BCUT2D eigenvalue weighted by Gasteiger charge is -2.20. The molecule has 6 nitrogen and oxygen atoms in total. The van der Waals surface area contributed by atoms with Crippen molar-refractivity contribution in [3.05, 3.63) is 57.8 Å². The standard InChI is InChI=1S/C18H14BrN3O3/c1-25-14-8-10-5-6-11-16(18(23)24)21-22(15-4-2-3-7-20-15)17(11)12(10)9-13(14)19/h2-4,7-9H,5-6H2,1H3,(H,23,24). The molecule has 0 fully saturated rings. The number of pyridine rings is 1. The maximum Gasteiger partial charge on any atom is 0.356 e. The molecule has 1 aromatic carbocycles. The normalized spacial score (nSPS) is 12.4. The Morgan fingerprint density at radius 2 is 2.16 bits per heavy atom. The van der Waals surface area contributed by atoms with Gasteiger partial charge < -0.3 is 9.84 Å². The molecule has 1 aliphatic rings. The molecule has 0 spiro atoms. The second-order valence-electron chi connectivity index (χ2n) is 5.72. The van der Waals surface area contributed by atoms with Crippen molar-refractivity contribution in [3.8, 4) is 22.8 Å². The number of halogens is 1. The lowest BCUT2D eigenvalue weighted by atomic mass is 9.88. The van der Waals surface area contributed by atoms with Crippen LogP contribution in [0.15, 0.2) is 41.0 Å². The third-order valence-corrected chi connectivity index (χ3v) is 4.95. The minimum Gasteiger partial charge on any atom is -0.496 e. The van der Waals surface area contributed by atoms with Gasteiger partial charge in [0, 0.05) is 17.3 Å². The maximum atomic E-state index is 11.7. The number of hydrogen-bond acceptors (Lipinski definition) is 4. The largest absolute Gasteiger partial charge is 0.496 e. The number of ether oxygens (including phenoxy) is 1. The molecule has 0 amide bonds. The number of methoxy groups -OCH3 is 1. The summed E-state index contributed by atoms with van der Waals surface area (Å²) in [7, 11) is 1.63. The van der Waals surface area contributed by atoms with Crippen molar-refractivity contribution in [1.29, 1.82) is 0 Å². The first-order valence-corrected chi connectivity index (χ1v) is 8.53. The molecule has 1 aliphatic carbocycles. The number of carboxylic acid groups (broad SMARTS) is 1. The van der Waals surface area contributed by atoms with E-state index in [0.29, 0.717) is 12.2 Å². The minimum absolute atomic E-state index is 0.0817. The number of aryl methyl sites for hydroxylation is 1. The van der Waals surface area contributed by atoms with Crippen LogP contribution in [0.25, 0.3) is 17.1 Å². The van der Waals surface area contributed by atoms with Gasteiger partial charge in [0.15, 0.2) is 11.5 Å². The molecule has 0 atom stereocenters. The highest BCUT2D eigenvalue weighted by Crippen LogP contribution is 2.41. The maximum absolute atomic E-state index is 11.7. The van der Waals surface area contributed by atoms with Gasteiger partial charge in [0.25, 0.3) is 0 Å². The van der Waals surface area contributed by atoms with E-state index in [1.165, 1.54) is 0 Å². The molecule has 2 heterocycles. The third-order valence-electron chi connectivity index (χ3n) is 4.33. The molecule has 0 unspecified atom stereocenters. The van der Waals surface area contributed by atoms with Gasteiger partial charge in [-0.15, -0.1) is 0 Å². The fraction of sp³-hybridized carbons (Fsp3) is 0.167. The van der Waals surface area contributed by atoms with E-state index in [2.05, 4.69) is 26.0 Å². The second-order valence-corrected chi connectivity index (χ2v) is 6.58. The van der Waals surface area contributed by atoms with Crippen LogP contribution in [0.2, 0.25) is 0 Å². The Balaban J connectivity index is 2.02. The topological polar surface area (TPSA) is 77.2 Å². The van der Waals surface area contributed by atoms with E-state index in [-0.39, 0.29) is 5.69 Å². The Labute approximate surface area is 152 Å². The lowest BCUT2D eigenvalue weighted by Crippen LogP contribution is -2.09. The number of aromatic nitrogens is 3. The van der Waals surface area contributed by atoms with Crippen molar-refractivity contribution in [2.75, 3.05) is 7.11 Å². The fourth-order valence-electron chi connectivity index (χ4n) is 3.22. The Morgan fingerprint density at radius 3 is 2.84 bits per heavy atom. The average Bonchev–Trinajstić information content (AvgIpc) is 3.02. The number of carboxylic acids is 1. The van der Waals surface area contributed by atoms with E-state index >= 15 is 0 Å². The van der Waals surface area contributed by atoms with Gasteiger partial charge in [0.05, 0.1) is 17.3 Å². The van der Waals surface area contributed by atoms with Crippen LogP contribution in [-0.4, -0.2) is 33.0 Å². The van der Waals surface area contributed by atoms with Crippen LogP contribution in [0.4, 0.5) is 0 Å². The zero-order valence-corrected chi connectivity index (χ0v) is 14.9. The second kappa shape index (κ2) is 6.00. The molecule has 3 aromatic rings. The SMILES string of the molecule is COc1cc2c(cc1Br)-c1c(c(C(=O)O)nn1-c1ccccn1)CC2. The molecule has 0 saturated carbocycles. The quantitative estimate of drug-likeness (QED) is 0.728. The number of carbonyl (C=O) groups is 1. The van der Waals surface area contributed by atoms with Crippen LogP contribution in [-0.2, 0) is 12.8 Å². The Kier molecular flexibility index (Phi) is 3.80. The molecular formula is C18H14BrN3O3. The molecule has 0 aliphatic heterocycles. The number of hydrogen-bond donors (Lipinski definition) is 1. The zero-order chi connectivity index (χ0) is 17.6. The molecule has 25 heavy (non-hydrogen) atoms. The summed E-state index contributed by atoms with van der Waals surface area (Å²) >= 11 is 3.52. The first-order chi connectivity index (χ1) is 12.1. The number of benzene rings is 1. The van der Waals surface area contributed by atoms with Gasteiger partial charge in [-0.1, -0.05) is 6.07 Å². The summed E-state index contributed by atoms with van der Waals surface area (Å²) in [6.07, 6.45) is 3.01. The smallest absolute Gasteiger partial charge is 0.356 e. The highest BCUT2D eigenvalue weighted by molar-refractivity contribution is 9.10. The van der Waals surface area contributed by atoms with Gasteiger partial charge in [-0.05, 0) is 58.6 Å². The van der Waals surface area contributed by atoms with Crippen molar-refractivity contribution in [3.63, 3.8) is 0 Å². The summed E-state index contributed by atoms with van der Waals surface area (Å²) in [5.41, 5.74) is 3.64. The van der Waals surface area contributed by atoms with Crippen LogP contribution < -0.4 is 4.74 Å². The van der Waals surface area contributed by atoms with Crippen molar-refractivity contribution in [2.45, 2.75) is 12.8 Å². The Hall–Kier alpha value is -2.67.